The Morgan fingerprint density at radius 2 is 1.86 bits per heavy atom. The Morgan fingerprint density at radius 3 is 2.62 bits per heavy atom. The Hall–Kier alpha value is -2.06. The zero-order valence-corrected chi connectivity index (χ0v) is 12.7. The Labute approximate surface area is 129 Å². The van der Waals surface area contributed by atoms with Gasteiger partial charge in [0, 0.05) is 6.54 Å². The molecule has 3 aromatic rings. The first-order valence-corrected chi connectivity index (χ1v) is 7.55. The number of aromatic nitrogens is 2. The maximum atomic E-state index is 6.26. The van der Waals surface area contributed by atoms with E-state index in [0.29, 0.717) is 5.02 Å². The first-order chi connectivity index (χ1) is 10.3. The standard InChI is InChI=1S/C18H17ClN2/c1-2-13-21-16-10-6-9-15(19)18(16)20-17(21)12-11-14-7-4-3-5-8-14/h3-12H,2,13H2,1H3. The maximum absolute atomic E-state index is 6.26. The molecule has 0 fully saturated rings. The number of nitrogens with zero attached hydrogens (tertiary/aromatic N) is 2. The molecule has 1 aromatic heterocycles. The van der Waals surface area contributed by atoms with Crippen molar-refractivity contribution >= 4 is 34.8 Å². The molecule has 2 aromatic carbocycles. The molecule has 0 bridgehead atoms. The second kappa shape index (κ2) is 6.15. The third-order valence-corrected chi connectivity index (χ3v) is 3.74. The summed E-state index contributed by atoms with van der Waals surface area (Å²) >= 11 is 6.26. The average Bonchev–Trinajstić information content (AvgIpc) is 2.86. The lowest BCUT2D eigenvalue weighted by atomic mass is 10.2. The van der Waals surface area contributed by atoms with Crippen molar-refractivity contribution in [3.05, 3.63) is 64.9 Å². The second-order valence-corrected chi connectivity index (χ2v) is 5.38. The van der Waals surface area contributed by atoms with E-state index in [-0.39, 0.29) is 0 Å². The van der Waals surface area contributed by atoms with Crippen LogP contribution in [0.1, 0.15) is 24.7 Å². The summed E-state index contributed by atoms with van der Waals surface area (Å²) in [7, 11) is 0. The summed E-state index contributed by atoms with van der Waals surface area (Å²) in [5, 5.41) is 0.705. The molecule has 0 saturated heterocycles. The SMILES string of the molecule is CCCn1c(C=Cc2ccccc2)nc2c(Cl)cccc21. The minimum absolute atomic E-state index is 0.705. The molecule has 0 unspecified atom stereocenters. The van der Waals surface area contributed by atoms with Crippen molar-refractivity contribution in [3.63, 3.8) is 0 Å². The monoisotopic (exact) mass is 296 g/mol. The molecular formula is C18H17ClN2. The molecule has 0 aliphatic rings. The van der Waals surface area contributed by atoms with E-state index in [2.05, 4.69) is 41.8 Å². The van der Waals surface area contributed by atoms with E-state index in [1.54, 1.807) is 0 Å². The van der Waals surface area contributed by atoms with Gasteiger partial charge in [-0.1, -0.05) is 61.0 Å². The third-order valence-electron chi connectivity index (χ3n) is 3.43. The Kier molecular flexibility index (Phi) is 4.07. The minimum atomic E-state index is 0.705. The lowest BCUT2D eigenvalue weighted by Crippen LogP contribution is -1.99. The molecule has 0 radical (unpaired) electrons. The van der Waals surface area contributed by atoms with Crippen molar-refractivity contribution in [3.8, 4) is 0 Å². The lowest BCUT2D eigenvalue weighted by molar-refractivity contribution is 0.691. The fourth-order valence-electron chi connectivity index (χ4n) is 2.45. The van der Waals surface area contributed by atoms with Crippen LogP contribution in [-0.4, -0.2) is 9.55 Å². The van der Waals surface area contributed by atoms with Crippen LogP contribution in [0.4, 0.5) is 0 Å². The Bertz CT molecular complexity index is 773. The van der Waals surface area contributed by atoms with Crippen molar-refractivity contribution < 1.29 is 0 Å². The number of rotatable bonds is 4. The normalized spacial score (nSPS) is 11.5. The van der Waals surface area contributed by atoms with Crippen molar-refractivity contribution in [2.24, 2.45) is 0 Å². The van der Waals surface area contributed by atoms with Gasteiger partial charge in [0.05, 0.1) is 10.5 Å². The van der Waals surface area contributed by atoms with Crippen LogP contribution in [0.25, 0.3) is 23.2 Å². The third kappa shape index (κ3) is 2.86. The van der Waals surface area contributed by atoms with Gasteiger partial charge in [0.15, 0.2) is 0 Å². The van der Waals surface area contributed by atoms with Gasteiger partial charge in [0.2, 0.25) is 0 Å². The number of fused-ring (bicyclic) bond motifs is 1. The predicted molar refractivity (Wildman–Crippen MR) is 90.4 cm³/mol. The molecule has 106 valence electrons. The molecule has 0 amide bonds. The van der Waals surface area contributed by atoms with E-state index < -0.39 is 0 Å². The summed E-state index contributed by atoms with van der Waals surface area (Å²) < 4.78 is 2.22. The number of hydrogen-bond donors (Lipinski definition) is 0. The van der Waals surface area contributed by atoms with Gasteiger partial charge in [-0.3, -0.25) is 0 Å². The summed E-state index contributed by atoms with van der Waals surface area (Å²) in [5.74, 6) is 0.948. The van der Waals surface area contributed by atoms with Gasteiger partial charge in [-0.15, -0.1) is 0 Å². The van der Waals surface area contributed by atoms with Gasteiger partial charge in [-0.05, 0) is 30.2 Å². The van der Waals surface area contributed by atoms with Crippen molar-refractivity contribution in [1.29, 1.82) is 0 Å². The first-order valence-electron chi connectivity index (χ1n) is 7.17. The molecule has 2 nitrogen and oxygen atoms in total. The van der Waals surface area contributed by atoms with Crippen LogP contribution in [-0.2, 0) is 6.54 Å². The van der Waals surface area contributed by atoms with Gasteiger partial charge in [0.1, 0.15) is 11.3 Å². The smallest absolute Gasteiger partial charge is 0.133 e. The van der Waals surface area contributed by atoms with Gasteiger partial charge >= 0.3 is 0 Å². The summed E-state index contributed by atoms with van der Waals surface area (Å²) in [4.78, 5) is 4.69. The van der Waals surface area contributed by atoms with E-state index in [4.69, 9.17) is 16.6 Å². The average molecular weight is 297 g/mol. The van der Waals surface area contributed by atoms with E-state index in [1.165, 1.54) is 5.56 Å². The highest BCUT2D eigenvalue weighted by Gasteiger charge is 2.10. The molecular weight excluding hydrogens is 280 g/mol. The zero-order chi connectivity index (χ0) is 14.7. The topological polar surface area (TPSA) is 17.8 Å². The molecule has 0 aliphatic carbocycles. The van der Waals surface area contributed by atoms with Gasteiger partial charge in [0.25, 0.3) is 0 Å². The van der Waals surface area contributed by atoms with Crippen LogP contribution >= 0.6 is 11.6 Å². The summed E-state index contributed by atoms with van der Waals surface area (Å²) in [6, 6.07) is 16.2. The predicted octanol–water partition coefficient (Wildman–Crippen LogP) is 5.27. The molecule has 0 saturated carbocycles. The highest BCUT2D eigenvalue weighted by Crippen LogP contribution is 2.25. The molecule has 1 heterocycles. The number of halogens is 1. The van der Waals surface area contributed by atoms with Crippen LogP contribution < -0.4 is 0 Å². The molecule has 0 aliphatic heterocycles. The van der Waals surface area contributed by atoms with E-state index in [0.717, 1.165) is 29.8 Å². The maximum Gasteiger partial charge on any atom is 0.133 e. The Morgan fingerprint density at radius 1 is 1.05 bits per heavy atom. The van der Waals surface area contributed by atoms with Crippen LogP contribution in [0.5, 0.6) is 0 Å². The number of hydrogen-bond acceptors (Lipinski definition) is 1. The van der Waals surface area contributed by atoms with Gasteiger partial charge < -0.3 is 4.57 Å². The van der Waals surface area contributed by atoms with E-state index in [9.17, 15) is 0 Å². The highest BCUT2D eigenvalue weighted by molar-refractivity contribution is 6.34. The van der Waals surface area contributed by atoms with E-state index >= 15 is 0 Å². The summed E-state index contributed by atoms with van der Waals surface area (Å²) in [5.41, 5.74) is 3.14. The molecule has 3 rings (SSSR count). The Balaban J connectivity index is 2.07. The second-order valence-electron chi connectivity index (χ2n) is 4.97. The summed E-state index contributed by atoms with van der Waals surface area (Å²) in [6.45, 7) is 3.10. The quantitative estimate of drug-likeness (QED) is 0.641. The fourth-order valence-corrected chi connectivity index (χ4v) is 2.66. The summed E-state index contributed by atoms with van der Waals surface area (Å²) in [6.07, 6.45) is 5.20. The van der Waals surface area contributed by atoms with Crippen LogP contribution in [0, 0.1) is 0 Å². The molecule has 3 heteroatoms. The van der Waals surface area contributed by atoms with E-state index in [1.807, 2.05) is 30.3 Å². The van der Waals surface area contributed by atoms with Crippen LogP contribution in [0.2, 0.25) is 5.02 Å². The van der Waals surface area contributed by atoms with Crippen molar-refractivity contribution in [1.82, 2.24) is 9.55 Å². The van der Waals surface area contributed by atoms with Crippen molar-refractivity contribution in [2.45, 2.75) is 19.9 Å². The van der Waals surface area contributed by atoms with Crippen molar-refractivity contribution in [2.75, 3.05) is 0 Å². The number of benzene rings is 2. The largest absolute Gasteiger partial charge is 0.324 e. The number of para-hydroxylation sites is 1. The number of imidazole rings is 1. The molecule has 0 atom stereocenters. The lowest BCUT2D eigenvalue weighted by Gasteiger charge is -2.04. The molecule has 0 N–H and O–H groups in total. The fraction of sp³-hybridized carbons (Fsp3) is 0.167. The van der Waals surface area contributed by atoms with Crippen LogP contribution in [0.15, 0.2) is 48.5 Å². The minimum Gasteiger partial charge on any atom is -0.324 e. The molecule has 0 spiro atoms. The van der Waals surface area contributed by atoms with Gasteiger partial charge in [-0.25, -0.2) is 4.98 Å². The van der Waals surface area contributed by atoms with Gasteiger partial charge in [-0.2, -0.15) is 0 Å². The number of aryl methyl sites for hydroxylation is 1. The highest BCUT2D eigenvalue weighted by atomic mass is 35.5. The van der Waals surface area contributed by atoms with Crippen LogP contribution in [0.3, 0.4) is 0 Å². The first kappa shape index (κ1) is 13.9. The molecule has 21 heavy (non-hydrogen) atoms. The zero-order valence-electron chi connectivity index (χ0n) is 12.0.